The third-order valence-electron chi connectivity index (χ3n) is 8.44. The number of nitrogens with one attached hydrogen (secondary N) is 2. The lowest BCUT2D eigenvalue weighted by Gasteiger charge is -2.04. The normalized spacial score (nSPS) is 11.2. The Morgan fingerprint density at radius 1 is 0.375 bits per heavy atom. The van der Waals surface area contributed by atoms with E-state index in [2.05, 4.69) is 22.1 Å². The van der Waals surface area contributed by atoms with Crippen LogP contribution >= 0.6 is 0 Å². The minimum Gasteiger partial charge on any atom is -0.324 e. The smallest absolute Gasteiger partial charge is 0.164 e. The molecule has 0 amide bonds. The van der Waals surface area contributed by atoms with Crippen molar-refractivity contribution in [3.63, 3.8) is 0 Å². The predicted molar refractivity (Wildman–Crippen MR) is 175 cm³/mol. The monoisotopic (exact) mass is 614 g/mol. The zero-order valence-corrected chi connectivity index (χ0v) is 24.4. The van der Waals surface area contributed by atoms with Crippen molar-refractivity contribution >= 4 is 44.1 Å². The molecule has 0 atom stereocenters. The molecule has 0 saturated heterocycles. The van der Waals surface area contributed by atoms with Crippen LogP contribution in [-0.4, -0.2) is 39.9 Å². The fourth-order valence-electron chi connectivity index (χ4n) is 6.35. The molecule has 3 aromatic heterocycles. The van der Waals surface area contributed by atoms with Crippen molar-refractivity contribution in [3.8, 4) is 69.8 Å². The van der Waals surface area contributed by atoms with Crippen LogP contribution in [-0.2, 0) is 0 Å². The Morgan fingerprint density at radius 3 is 1.04 bits per heavy atom. The van der Waals surface area contributed by atoms with Gasteiger partial charge in [0.05, 0.1) is 22.3 Å². The van der Waals surface area contributed by atoms with Crippen molar-refractivity contribution < 1.29 is 0 Å². The summed E-state index contributed by atoms with van der Waals surface area (Å²) in [6, 6.07) is 30.8. The zero-order chi connectivity index (χ0) is 32.5. The summed E-state index contributed by atoms with van der Waals surface area (Å²) in [6.45, 7) is 0. The van der Waals surface area contributed by atoms with Gasteiger partial charge in [-0.2, -0.15) is 21.0 Å². The van der Waals surface area contributed by atoms with E-state index in [9.17, 15) is 21.0 Å². The van der Waals surface area contributed by atoms with Gasteiger partial charge >= 0.3 is 0 Å². The van der Waals surface area contributed by atoms with Gasteiger partial charge in [0.25, 0.3) is 0 Å². The Hall–Kier alpha value is -7.80. The Kier molecular flexibility index (Phi) is 5.46. The molecule has 8 bridgehead atoms. The molecule has 48 heavy (non-hydrogen) atoms. The third-order valence-corrected chi connectivity index (χ3v) is 8.44. The number of H-pyrrole nitrogens is 2. The average molecular weight is 615 g/mol. The highest BCUT2D eigenvalue weighted by molar-refractivity contribution is 6.13. The Balaban J connectivity index is 1.57. The molecule has 0 saturated carbocycles. The minimum atomic E-state index is -0.222. The number of rotatable bonds is 0. The highest BCUT2D eigenvalue weighted by atomic mass is 15.1. The molecule has 12 nitrogen and oxygen atoms in total. The Morgan fingerprint density at radius 2 is 0.688 bits per heavy atom. The van der Waals surface area contributed by atoms with E-state index >= 15 is 0 Å². The molecular weight excluding hydrogens is 600 g/mol. The molecule has 0 radical (unpaired) electrons. The fraction of sp³-hybridized carbons (Fsp3) is 0. The van der Waals surface area contributed by atoms with Crippen LogP contribution < -0.4 is 0 Å². The second-order valence-electron chi connectivity index (χ2n) is 10.9. The lowest BCUT2D eigenvalue weighted by Crippen LogP contribution is -1.97. The van der Waals surface area contributed by atoms with Gasteiger partial charge in [0.15, 0.2) is 23.3 Å². The summed E-state index contributed by atoms with van der Waals surface area (Å²) in [6.07, 6.45) is 0. The number of fused-ring (bicyclic) bond motifs is 20. The molecule has 0 aliphatic carbocycles. The van der Waals surface area contributed by atoms with E-state index in [4.69, 9.17) is 29.9 Å². The second-order valence-corrected chi connectivity index (χ2v) is 10.9. The van der Waals surface area contributed by atoms with Crippen molar-refractivity contribution in [2.45, 2.75) is 0 Å². The summed E-state index contributed by atoms with van der Waals surface area (Å²) in [5.74, 6) is 1.38. The van der Waals surface area contributed by atoms with E-state index in [-0.39, 0.29) is 56.0 Å². The van der Waals surface area contributed by atoms with Crippen LogP contribution in [0, 0.1) is 45.3 Å². The van der Waals surface area contributed by atoms with E-state index in [0.717, 1.165) is 21.9 Å². The minimum absolute atomic E-state index is 0.112. The number of nitriles is 4. The van der Waals surface area contributed by atoms with Gasteiger partial charge in [0.2, 0.25) is 0 Å². The molecule has 12 heteroatoms. The van der Waals surface area contributed by atoms with Crippen LogP contribution in [0.15, 0.2) is 72.8 Å². The van der Waals surface area contributed by atoms with Crippen LogP contribution in [0.1, 0.15) is 22.3 Å². The summed E-state index contributed by atoms with van der Waals surface area (Å²) >= 11 is 0. The molecule has 0 fully saturated rings. The Bertz CT molecular complexity index is 2760. The van der Waals surface area contributed by atoms with Gasteiger partial charge < -0.3 is 9.97 Å². The SMILES string of the molecule is N#Cc1c(C#N)c(C#N)c2c3nc4nc(nc5[nH]c(nc6nc(nc([nH]3)c2c1C#N)-c1ccccc1-6)c1ccccc51)-c1ccccc1-4. The van der Waals surface area contributed by atoms with Crippen molar-refractivity contribution in [1.82, 2.24) is 39.9 Å². The molecular formula is C36H14N12. The van der Waals surface area contributed by atoms with Crippen molar-refractivity contribution in [1.29, 1.82) is 21.0 Å². The summed E-state index contributed by atoms with van der Waals surface area (Å²) in [5.41, 5.74) is 3.52. The summed E-state index contributed by atoms with van der Waals surface area (Å²) in [5, 5.41) is 42.8. The number of hydrogen-bond donors (Lipinski definition) is 2. The molecule has 9 rings (SSSR count). The summed E-state index contributed by atoms with van der Waals surface area (Å²) in [7, 11) is 0. The first-order chi connectivity index (χ1) is 23.6. The van der Waals surface area contributed by atoms with Crippen LogP contribution in [0.25, 0.3) is 89.7 Å². The lowest BCUT2D eigenvalue weighted by atomic mass is 9.93. The summed E-state index contributed by atoms with van der Waals surface area (Å²) in [4.78, 5) is 35.8. The largest absolute Gasteiger partial charge is 0.324 e. The number of aromatic nitrogens is 8. The van der Waals surface area contributed by atoms with Gasteiger partial charge in [-0.05, 0) is 0 Å². The topological polar surface area (TPSA) is 204 Å². The number of benzene rings is 4. The zero-order valence-electron chi connectivity index (χ0n) is 24.4. The maximum Gasteiger partial charge on any atom is 0.164 e. The maximum absolute atomic E-state index is 10.3. The quantitative estimate of drug-likeness (QED) is 0.193. The van der Waals surface area contributed by atoms with Crippen LogP contribution in [0.4, 0.5) is 0 Å². The van der Waals surface area contributed by atoms with E-state index in [0.29, 0.717) is 34.1 Å². The van der Waals surface area contributed by atoms with Gasteiger partial charge in [-0.1, -0.05) is 72.8 Å². The van der Waals surface area contributed by atoms with Crippen molar-refractivity contribution in [2.75, 3.05) is 0 Å². The Labute approximate surface area is 269 Å². The molecule has 5 heterocycles. The van der Waals surface area contributed by atoms with Crippen LogP contribution in [0.3, 0.4) is 0 Å². The molecule has 7 aromatic rings. The average Bonchev–Trinajstić information content (AvgIpc) is 3.86. The molecule has 0 spiro atoms. The first-order valence-corrected chi connectivity index (χ1v) is 14.6. The van der Waals surface area contributed by atoms with Crippen molar-refractivity contribution in [3.05, 3.63) is 95.1 Å². The third kappa shape index (κ3) is 3.60. The van der Waals surface area contributed by atoms with Gasteiger partial charge in [-0.15, -0.1) is 0 Å². The summed E-state index contributed by atoms with van der Waals surface area (Å²) < 4.78 is 0. The first kappa shape index (κ1) is 26.6. The fourth-order valence-corrected chi connectivity index (χ4v) is 6.35. The molecule has 2 aliphatic rings. The highest BCUT2D eigenvalue weighted by Gasteiger charge is 2.27. The first-order valence-electron chi connectivity index (χ1n) is 14.6. The van der Waals surface area contributed by atoms with Gasteiger partial charge in [-0.3, -0.25) is 0 Å². The van der Waals surface area contributed by atoms with Crippen molar-refractivity contribution in [2.24, 2.45) is 0 Å². The number of hydrogen-bond acceptors (Lipinski definition) is 10. The van der Waals surface area contributed by atoms with E-state index in [1.807, 2.05) is 84.9 Å². The van der Waals surface area contributed by atoms with Crippen LogP contribution in [0.5, 0.6) is 0 Å². The predicted octanol–water partition coefficient (Wildman–Crippen LogP) is 6.36. The molecule has 218 valence electrons. The second kappa shape index (κ2) is 9.85. The number of nitrogens with zero attached hydrogens (tertiary/aromatic N) is 10. The molecule has 0 unspecified atom stereocenters. The molecule has 2 aliphatic heterocycles. The highest BCUT2D eigenvalue weighted by Crippen LogP contribution is 2.39. The standard InChI is InChI=1S/C36H14N12/c37-13-23-24(14-38)26(16-40)28-27(25(23)15-39)35-46-33-21-11-5-3-9-19(21)31(44-33)42-29-17-7-1-2-8-18(17)30(41-29)43-32-20-10-4-6-12-22(20)34(45-32)47-36(28)48-35/h1-12H,(H2,41,42,43,44,45,46,47,48). The molecule has 2 N–H and O–H groups in total. The van der Waals surface area contributed by atoms with Gasteiger partial charge in [-0.25, -0.2) is 29.9 Å². The van der Waals surface area contributed by atoms with E-state index < -0.39 is 0 Å². The maximum atomic E-state index is 10.3. The lowest BCUT2D eigenvalue weighted by molar-refractivity contribution is 1.19. The van der Waals surface area contributed by atoms with E-state index in [1.54, 1.807) is 0 Å². The molecule has 4 aromatic carbocycles. The number of aromatic amines is 2. The van der Waals surface area contributed by atoms with E-state index in [1.165, 1.54) is 0 Å². The van der Waals surface area contributed by atoms with Gasteiger partial charge in [0, 0.05) is 43.8 Å². The van der Waals surface area contributed by atoms with Gasteiger partial charge in [0.1, 0.15) is 46.9 Å². The van der Waals surface area contributed by atoms with Crippen LogP contribution in [0.2, 0.25) is 0 Å².